The lowest BCUT2D eigenvalue weighted by Crippen LogP contribution is -2.35. The number of Topliss-reactive ketones (excluding diaryl/α,β-unsaturated/α-hetero) is 1. The first-order valence-corrected chi connectivity index (χ1v) is 6.68. The fourth-order valence-corrected chi connectivity index (χ4v) is 2.08. The number of nitro benzene ring substituents is 1. The molecule has 1 heterocycles. The van der Waals surface area contributed by atoms with Crippen molar-refractivity contribution >= 4 is 40.4 Å². The Morgan fingerprint density at radius 3 is 2.58 bits per heavy atom. The Hall–Kier alpha value is -1.71. The smallest absolute Gasteiger partial charge is 0.269 e. The summed E-state index contributed by atoms with van der Waals surface area (Å²) in [6, 6.07) is 5.58. The molecule has 0 spiro atoms. The van der Waals surface area contributed by atoms with Crippen molar-refractivity contribution < 1.29 is 9.72 Å². The van der Waals surface area contributed by atoms with Gasteiger partial charge in [-0.1, -0.05) is 0 Å². The van der Waals surface area contributed by atoms with E-state index < -0.39 is 4.92 Å². The first kappa shape index (κ1) is 13.7. The van der Waals surface area contributed by atoms with Gasteiger partial charge in [0.25, 0.3) is 5.69 Å². The lowest BCUT2D eigenvalue weighted by Gasteiger charge is -2.22. The number of hydrazone groups is 1. The number of halogens is 1. The number of alkyl halides is 1. The summed E-state index contributed by atoms with van der Waals surface area (Å²) in [5.41, 5.74) is 0.418. The fraction of sp³-hybridized carbons (Fsp3) is 0.273. The summed E-state index contributed by atoms with van der Waals surface area (Å²) in [6.45, 7) is 0.145. The molecular formula is C11H11IN4O3. The standard InChI is InChI=1S/C11H11IN4O3/c1-14-7-13-15(11(14)12)6-10(17)8-2-4-9(5-3-8)16(18)19/h2-5,7,11H,6H2,1H3/t11-/m0/s1. The molecular weight excluding hydrogens is 363 g/mol. The van der Waals surface area contributed by atoms with Crippen LogP contribution >= 0.6 is 22.6 Å². The van der Waals surface area contributed by atoms with Crippen LogP contribution in [0, 0.1) is 10.1 Å². The Morgan fingerprint density at radius 2 is 2.11 bits per heavy atom. The number of benzene rings is 1. The topological polar surface area (TPSA) is 79.0 Å². The molecule has 7 nitrogen and oxygen atoms in total. The maximum absolute atomic E-state index is 12.0. The highest BCUT2D eigenvalue weighted by Crippen LogP contribution is 2.18. The molecule has 0 saturated heterocycles. The molecule has 2 rings (SSSR count). The van der Waals surface area contributed by atoms with Gasteiger partial charge in [0, 0.05) is 24.7 Å². The highest BCUT2D eigenvalue weighted by atomic mass is 127. The Labute approximate surface area is 123 Å². The summed E-state index contributed by atoms with van der Waals surface area (Å²) >= 11 is 2.17. The Bertz CT molecular complexity index is 531. The number of nitro groups is 1. The van der Waals surface area contributed by atoms with Crippen LogP contribution in [-0.4, -0.2) is 44.7 Å². The van der Waals surface area contributed by atoms with Crippen LogP contribution in [0.25, 0.3) is 0 Å². The minimum atomic E-state index is -0.491. The van der Waals surface area contributed by atoms with E-state index in [1.54, 1.807) is 11.3 Å². The number of hydrogen-bond acceptors (Lipinski definition) is 6. The largest absolute Gasteiger partial charge is 0.334 e. The summed E-state index contributed by atoms with van der Waals surface area (Å²) in [5, 5.41) is 16.3. The van der Waals surface area contributed by atoms with E-state index in [2.05, 4.69) is 27.7 Å². The molecule has 0 unspecified atom stereocenters. The number of non-ortho nitro benzene ring substituents is 1. The van der Waals surface area contributed by atoms with Gasteiger partial charge in [0.2, 0.25) is 0 Å². The summed E-state index contributed by atoms with van der Waals surface area (Å²) in [4.78, 5) is 23.9. The lowest BCUT2D eigenvalue weighted by molar-refractivity contribution is -0.384. The second kappa shape index (κ2) is 5.51. The van der Waals surface area contributed by atoms with E-state index in [0.29, 0.717) is 5.56 Å². The Balaban J connectivity index is 2.04. The minimum absolute atomic E-state index is 0.000372. The van der Waals surface area contributed by atoms with E-state index in [9.17, 15) is 14.9 Å². The van der Waals surface area contributed by atoms with Crippen LogP contribution in [0.15, 0.2) is 29.4 Å². The number of ketones is 1. The molecule has 19 heavy (non-hydrogen) atoms. The van der Waals surface area contributed by atoms with Crippen molar-refractivity contribution in [2.24, 2.45) is 5.10 Å². The number of nitrogens with zero attached hydrogens (tertiary/aromatic N) is 4. The zero-order valence-electron chi connectivity index (χ0n) is 10.1. The molecule has 0 N–H and O–H groups in total. The number of carbonyl (C=O) groups is 1. The molecule has 0 fully saturated rings. The van der Waals surface area contributed by atoms with E-state index >= 15 is 0 Å². The van der Waals surface area contributed by atoms with E-state index in [4.69, 9.17) is 0 Å². The van der Waals surface area contributed by atoms with Gasteiger partial charge < -0.3 is 4.90 Å². The SMILES string of the molecule is CN1C=NN(CC(=O)c2ccc([N+](=O)[O-])cc2)[C@H]1I. The van der Waals surface area contributed by atoms with Crippen LogP contribution in [0.3, 0.4) is 0 Å². The van der Waals surface area contributed by atoms with Gasteiger partial charge in [-0.05, 0) is 34.7 Å². The molecule has 0 aliphatic carbocycles. The molecule has 1 aliphatic rings. The van der Waals surface area contributed by atoms with Crippen molar-refractivity contribution in [1.82, 2.24) is 9.91 Å². The molecule has 0 amide bonds. The predicted octanol–water partition coefficient (Wildman–Crippen LogP) is 1.69. The number of hydrogen-bond donors (Lipinski definition) is 0. The normalized spacial score (nSPS) is 17.9. The van der Waals surface area contributed by atoms with Gasteiger partial charge in [0.05, 0.1) is 4.92 Å². The van der Waals surface area contributed by atoms with Crippen molar-refractivity contribution in [1.29, 1.82) is 0 Å². The van der Waals surface area contributed by atoms with E-state index in [1.807, 2.05) is 11.9 Å². The summed E-state index contributed by atoms with van der Waals surface area (Å²) in [6.07, 6.45) is 1.65. The maximum atomic E-state index is 12.0. The monoisotopic (exact) mass is 374 g/mol. The van der Waals surface area contributed by atoms with Crippen LogP contribution < -0.4 is 0 Å². The average Bonchev–Trinajstić information content (AvgIpc) is 2.71. The van der Waals surface area contributed by atoms with Crippen LogP contribution in [0.4, 0.5) is 5.69 Å². The van der Waals surface area contributed by atoms with Gasteiger partial charge in [0.15, 0.2) is 9.96 Å². The molecule has 8 heteroatoms. The summed E-state index contributed by atoms with van der Waals surface area (Å²) in [5.74, 6) is -0.121. The molecule has 1 aliphatic heterocycles. The quantitative estimate of drug-likeness (QED) is 0.200. The third kappa shape index (κ3) is 3.00. The minimum Gasteiger partial charge on any atom is -0.334 e. The van der Waals surface area contributed by atoms with Crippen molar-refractivity contribution in [3.63, 3.8) is 0 Å². The second-order valence-corrected chi connectivity index (χ2v) is 5.15. The molecule has 1 aromatic carbocycles. The predicted molar refractivity (Wildman–Crippen MR) is 78.2 cm³/mol. The number of rotatable bonds is 4. The van der Waals surface area contributed by atoms with Crippen LogP contribution in [0.5, 0.6) is 0 Å². The molecule has 100 valence electrons. The van der Waals surface area contributed by atoms with Crippen LogP contribution in [0.2, 0.25) is 0 Å². The summed E-state index contributed by atoms with van der Waals surface area (Å²) in [7, 11) is 1.87. The number of carbonyl (C=O) groups excluding carboxylic acids is 1. The molecule has 0 bridgehead atoms. The molecule has 1 atom stereocenters. The molecule has 0 radical (unpaired) electrons. The highest BCUT2D eigenvalue weighted by molar-refractivity contribution is 14.1. The van der Waals surface area contributed by atoms with Gasteiger partial charge in [0.1, 0.15) is 12.9 Å². The molecule has 1 aromatic rings. The third-order valence-electron chi connectivity index (χ3n) is 2.67. The van der Waals surface area contributed by atoms with Gasteiger partial charge in [-0.2, -0.15) is 5.10 Å². The van der Waals surface area contributed by atoms with Crippen molar-refractivity contribution in [3.05, 3.63) is 39.9 Å². The van der Waals surface area contributed by atoms with Gasteiger partial charge >= 0.3 is 0 Å². The first-order valence-electron chi connectivity index (χ1n) is 5.43. The fourth-order valence-electron chi connectivity index (χ4n) is 1.59. The third-order valence-corrected chi connectivity index (χ3v) is 4.19. The van der Waals surface area contributed by atoms with E-state index in [0.717, 1.165) is 0 Å². The van der Waals surface area contributed by atoms with E-state index in [-0.39, 0.29) is 22.2 Å². The van der Waals surface area contributed by atoms with Gasteiger partial charge in [-0.15, -0.1) is 0 Å². The Morgan fingerprint density at radius 1 is 1.47 bits per heavy atom. The van der Waals surface area contributed by atoms with Crippen molar-refractivity contribution in [2.75, 3.05) is 13.6 Å². The first-order chi connectivity index (χ1) is 8.99. The molecule has 0 saturated carbocycles. The highest BCUT2D eigenvalue weighted by Gasteiger charge is 2.24. The summed E-state index contributed by atoms with van der Waals surface area (Å²) < 4.78 is -0.000372. The van der Waals surface area contributed by atoms with Crippen molar-refractivity contribution in [3.8, 4) is 0 Å². The van der Waals surface area contributed by atoms with Gasteiger partial charge in [-0.3, -0.25) is 19.9 Å². The van der Waals surface area contributed by atoms with Crippen LogP contribution in [0.1, 0.15) is 10.4 Å². The second-order valence-electron chi connectivity index (χ2n) is 4.03. The van der Waals surface area contributed by atoms with Crippen LogP contribution in [-0.2, 0) is 0 Å². The lowest BCUT2D eigenvalue weighted by atomic mass is 10.1. The zero-order chi connectivity index (χ0) is 14.0. The van der Waals surface area contributed by atoms with Gasteiger partial charge in [-0.25, -0.2) is 0 Å². The Kier molecular flexibility index (Phi) is 3.98. The zero-order valence-corrected chi connectivity index (χ0v) is 12.2. The van der Waals surface area contributed by atoms with E-state index in [1.165, 1.54) is 24.3 Å². The molecule has 0 aromatic heterocycles. The average molecular weight is 374 g/mol. The maximum Gasteiger partial charge on any atom is 0.269 e. The van der Waals surface area contributed by atoms with Crippen molar-refractivity contribution in [2.45, 2.75) is 4.17 Å².